The predicted molar refractivity (Wildman–Crippen MR) is 50.5 cm³/mol. The Labute approximate surface area is 96.2 Å². The average molecular weight is 258 g/mol. The molecular weight excluding hydrogens is 246 g/mol. The summed E-state index contributed by atoms with van der Waals surface area (Å²) in [5, 5.41) is 9.40. The van der Waals surface area contributed by atoms with Crippen LogP contribution in [-0.2, 0) is 18.8 Å². The Morgan fingerprint density at radius 3 is 2.56 bits per heavy atom. The largest absolute Gasteiger partial charge is 0.483 e. The van der Waals surface area contributed by atoms with Crippen LogP contribution in [0.4, 0.5) is 8.78 Å². The van der Waals surface area contributed by atoms with Crippen LogP contribution in [-0.4, -0.2) is 29.4 Å². The Morgan fingerprint density at radius 2 is 2.00 bits per heavy atom. The molecule has 8 heteroatoms. The Kier molecular flexibility index (Phi) is 4.90. The van der Waals surface area contributed by atoms with E-state index in [0.717, 1.165) is 6.42 Å². The maximum atomic E-state index is 12.7. The molecule has 1 fully saturated rings. The highest BCUT2D eigenvalue weighted by molar-refractivity contribution is 7.74. The van der Waals surface area contributed by atoms with Gasteiger partial charge in [-0.05, 0) is 19.3 Å². The summed E-state index contributed by atoms with van der Waals surface area (Å²) in [5.74, 6) is -1.90. The Morgan fingerprint density at radius 1 is 1.38 bits per heavy atom. The van der Waals surface area contributed by atoms with E-state index in [-0.39, 0.29) is 0 Å². The van der Waals surface area contributed by atoms with Crippen LogP contribution in [0.5, 0.6) is 0 Å². The molecule has 0 aliphatic heterocycles. The Balaban J connectivity index is 2.49. The van der Waals surface area contributed by atoms with E-state index in [1.165, 1.54) is 0 Å². The van der Waals surface area contributed by atoms with Crippen molar-refractivity contribution in [3.05, 3.63) is 0 Å². The monoisotopic (exact) mass is 258 g/mol. The number of hydrogen-bond acceptors (Lipinski definition) is 6. The lowest BCUT2D eigenvalue weighted by Gasteiger charge is -2.28. The number of thiol groups is 1. The predicted octanol–water partition coefficient (Wildman–Crippen LogP) is 1.22. The summed E-state index contributed by atoms with van der Waals surface area (Å²) in [5.41, 5.74) is 0. The van der Waals surface area contributed by atoms with Gasteiger partial charge in [0, 0.05) is 12.9 Å². The van der Waals surface area contributed by atoms with Gasteiger partial charge in [0.25, 0.3) is 0 Å². The molecule has 94 valence electrons. The number of rotatable bonds is 4. The third kappa shape index (κ3) is 3.55. The first-order valence-corrected chi connectivity index (χ1v) is 5.10. The highest BCUT2D eigenvalue weighted by Crippen LogP contribution is 2.25. The zero-order valence-electron chi connectivity index (χ0n) is 8.27. The summed E-state index contributed by atoms with van der Waals surface area (Å²) in [4.78, 5) is 14.3. The summed E-state index contributed by atoms with van der Waals surface area (Å²) in [6.07, 6.45) is -3.79. The highest BCUT2D eigenvalue weighted by atomic mass is 32.1. The average Bonchev–Trinajstić information content (AvgIpc) is 2.21. The van der Waals surface area contributed by atoms with Gasteiger partial charge in [0.05, 0.1) is 6.10 Å². The first-order chi connectivity index (χ1) is 7.47. The van der Waals surface area contributed by atoms with Crippen LogP contribution in [0, 0.1) is 0 Å². The molecule has 0 aromatic rings. The summed E-state index contributed by atoms with van der Waals surface area (Å²) >= 11 is 2.93. The van der Waals surface area contributed by atoms with Crippen LogP contribution < -0.4 is 0 Å². The molecule has 0 aromatic carbocycles. The van der Waals surface area contributed by atoms with Gasteiger partial charge in [-0.2, -0.15) is 13.1 Å². The molecule has 0 amide bonds. The van der Waals surface area contributed by atoms with Gasteiger partial charge in [0.1, 0.15) is 6.10 Å². The van der Waals surface area contributed by atoms with Crippen molar-refractivity contribution < 1.29 is 32.6 Å². The number of esters is 1. The van der Waals surface area contributed by atoms with Gasteiger partial charge in [-0.1, -0.05) is 6.42 Å². The molecule has 0 saturated heterocycles. The molecule has 0 aromatic heterocycles. The van der Waals surface area contributed by atoms with Gasteiger partial charge < -0.3 is 9.84 Å². The van der Waals surface area contributed by atoms with Crippen LogP contribution >= 0.6 is 12.9 Å². The minimum atomic E-state index is -4.22. The van der Waals surface area contributed by atoms with Gasteiger partial charge in [-0.3, -0.25) is 0 Å². The third-order valence-electron chi connectivity index (χ3n) is 2.31. The van der Waals surface area contributed by atoms with Crippen molar-refractivity contribution in [3.63, 3.8) is 0 Å². The molecule has 2 unspecified atom stereocenters. The first kappa shape index (κ1) is 13.6. The number of hydrogen-bond donors (Lipinski definition) is 2. The molecule has 0 radical (unpaired) electrons. The summed E-state index contributed by atoms with van der Waals surface area (Å²) < 4.78 is 33.4. The van der Waals surface area contributed by atoms with Crippen molar-refractivity contribution in [3.8, 4) is 0 Å². The SMILES string of the molecule is O=C(OC1CCCCC1O)C(F)(F)OOS. The fourth-order valence-electron chi connectivity index (χ4n) is 1.50. The molecule has 1 aliphatic carbocycles. The summed E-state index contributed by atoms with van der Waals surface area (Å²) in [6.45, 7) is 0. The van der Waals surface area contributed by atoms with Crippen molar-refractivity contribution in [1.82, 2.24) is 0 Å². The molecule has 5 nitrogen and oxygen atoms in total. The number of halogens is 2. The molecule has 16 heavy (non-hydrogen) atoms. The minimum Gasteiger partial charge on any atom is -0.453 e. The lowest BCUT2D eigenvalue weighted by atomic mass is 9.95. The molecule has 0 bridgehead atoms. The van der Waals surface area contributed by atoms with Crippen molar-refractivity contribution in [2.45, 2.75) is 44.0 Å². The topological polar surface area (TPSA) is 65.0 Å². The van der Waals surface area contributed by atoms with Gasteiger partial charge in [0.15, 0.2) is 0 Å². The van der Waals surface area contributed by atoms with Crippen molar-refractivity contribution in [2.24, 2.45) is 0 Å². The molecule has 1 rings (SSSR count). The zero-order valence-corrected chi connectivity index (χ0v) is 9.16. The molecule has 0 heterocycles. The smallest absolute Gasteiger partial charge is 0.453 e. The van der Waals surface area contributed by atoms with E-state index >= 15 is 0 Å². The van der Waals surface area contributed by atoms with Crippen molar-refractivity contribution >= 4 is 18.9 Å². The zero-order chi connectivity index (χ0) is 12.2. The van der Waals surface area contributed by atoms with Gasteiger partial charge in [0.2, 0.25) is 0 Å². The number of aliphatic hydroxyl groups is 1. The molecule has 1 N–H and O–H groups in total. The fourth-order valence-corrected chi connectivity index (χ4v) is 1.60. The van der Waals surface area contributed by atoms with Gasteiger partial charge >= 0.3 is 12.1 Å². The molecular formula is C8H12F2O5S. The van der Waals surface area contributed by atoms with Crippen molar-refractivity contribution in [1.29, 1.82) is 0 Å². The molecule has 1 saturated carbocycles. The first-order valence-electron chi connectivity index (χ1n) is 4.73. The van der Waals surface area contributed by atoms with E-state index < -0.39 is 24.3 Å². The third-order valence-corrected chi connectivity index (χ3v) is 2.38. The number of carbonyl (C=O) groups excluding carboxylic acids is 1. The van der Waals surface area contributed by atoms with E-state index in [9.17, 15) is 18.7 Å². The molecule has 1 aliphatic rings. The fraction of sp³-hybridized carbons (Fsp3) is 0.875. The lowest BCUT2D eigenvalue weighted by molar-refractivity contribution is -0.370. The lowest BCUT2D eigenvalue weighted by Crippen LogP contribution is -2.41. The normalized spacial score (nSPS) is 26.5. The summed E-state index contributed by atoms with van der Waals surface area (Å²) in [6, 6.07) is 0. The van der Waals surface area contributed by atoms with E-state index in [1.54, 1.807) is 0 Å². The maximum Gasteiger partial charge on any atom is 0.483 e. The van der Waals surface area contributed by atoms with Crippen LogP contribution in [0.1, 0.15) is 25.7 Å². The van der Waals surface area contributed by atoms with E-state index in [1.807, 2.05) is 0 Å². The molecule has 0 spiro atoms. The van der Waals surface area contributed by atoms with E-state index in [4.69, 9.17) is 0 Å². The highest BCUT2D eigenvalue weighted by Gasteiger charge is 2.46. The van der Waals surface area contributed by atoms with Crippen LogP contribution in [0.15, 0.2) is 0 Å². The number of aliphatic hydroxyl groups excluding tert-OH is 1. The number of carbonyl (C=O) groups is 1. The van der Waals surface area contributed by atoms with Gasteiger partial charge in [-0.25, -0.2) is 4.79 Å². The second kappa shape index (κ2) is 5.76. The quantitative estimate of drug-likeness (QED) is 0.261. The second-order valence-corrected chi connectivity index (χ2v) is 3.62. The second-order valence-electron chi connectivity index (χ2n) is 3.47. The Bertz CT molecular complexity index is 251. The van der Waals surface area contributed by atoms with E-state index in [2.05, 4.69) is 26.9 Å². The maximum absolute atomic E-state index is 12.7. The van der Waals surface area contributed by atoms with E-state index in [0.29, 0.717) is 19.3 Å². The van der Waals surface area contributed by atoms with Crippen molar-refractivity contribution in [2.75, 3.05) is 0 Å². The molecule has 2 atom stereocenters. The van der Waals surface area contributed by atoms with Crippen LogP contribution in [0.25, 0.3) is 0 Å². The summed E-state index contributed by atoms with van der Waals surface area (Å²) in [7, 11) is 0. The number of alkyl halides is 2. The van der Waals surface area contributed by atoms with Crippen LogP contribution in [0.2, 0.25) is 0 Å². The standard InChI is InChI=1S/C8H12F2O5S/c9-8(10,14-15-16)7(12)13-6-4-2-1-3-5(6)11/h5-6,11,16H,1-4H2. The van der Waals surface area contributed by atoms with Crippen LogP contribution in [0.3, 0.4) is 0 Å². The Hall–Kier alpha value is -0.440. The minimum absolute atomic E-state index is 0.352. The van der Waals surface area contributed by atoms with Gasteiger partial charge in [-0.15, -0.1) is 4.89 Å². The number of ether oxygens (including phenoxy) is 1.